The van der Waals surface area contributed by atoms with Crippen molar-refractivity contribution in [3.05, 3.63) is 39.9 Å². The van der Waals surface area contributed by atoms with Crippen LogP contribution in [-0.4, -0.2) is 21.0 Å². The molecular weight excluding hydrogens is 310 g/mol. The molecule has 3 N–H and O–H groups in total. The minimum atomic E-state index is -1.44. The molecule has 1 atom stereocenters. The van der Waals surface area contributed by atoms with E-state index >= 15 is 0 Å². The Labute approximate surface area is 112 Å². The van der Waals surface area contributed by atoms with Crippen molar-refractivity contribution in [1.29, 1.82) is 0 Å². The van der Waals surface area contributed by atoms with Crippen LogP contribution in [0.1, 0.15) is 5.56 Å². The van der Waals surface area contributed by atoms with Gasteiger partial charge in [-0.15, -0.1) is 17.0 Å². The molecule has 0 aliphatic carbocycles. The molecule has 1 heterocycles. The first kappa shape index (κ1) is 13.9. The Bertz CT molecular complexity index is 482. The smallest absolute Gasteiger partial charge is 0.269 e. The maximum atomic E-state index is 10.6. The van der Waals surface area contributed by atoms with Crippen LogP contribution in [-0.2, 0) is 5.72 Å². The molecule has 0 amide bonds. The molecule has 1 aliphatic rings. The number of benzene rings is 1. The summed E-state index contributed by atoms with van der Waals surface area (Å²) in [7, 11) is 0. The van der Waals surface area contributed by atoms with E-state index in [-0.39, 0.29) is 33.6 Å². The molecule has 0 spiro atoms. The van der Waals surface area contributed by atoms with Crippen molar-refractivity contribution < 1.29 is 10.0 Å². The molecule has 6 nitrogen and oxygen atoms in total. The van der Waals surface area contributed by atoms with E-state index in [1.807, 2.05) is 0 Å². The number of hydrogen-bond acceptors (Lipinski definition) is 6. The highest BCUT2D eigenvalue weighted by Crippen LogP contribution is 2.34. The molecule has 0 saturated carbocycles. The fourth-order valence-electron chi connectivity index (χ4n) is 1.44. The number of nitro benzene ring substituents is 1. The lowest BCUT2D eigenvalue weighted by molar-refractivity contribution is -0.385. The van der Waals surface area contributed by atoms with Gasteiger partial charge in [0.25, 0.3) is 5.69 Å². The average Bonchev–Trinajstić information content (AvgIpc) is 2.60. The third kappa shape index (κ3) is 2.76. The molecule has 0 fully saturated rings. The van der Waals surface area contributed by atoms with Crippen LogP contribution >= 0.6 is 28.7 Å². The molecule has 92 valence electrons. The van der Waals surface area contributed by atoms with Crippen LogP contribution in [0.2, 0.25) is 0 Å². The number of rotatable bonds is 2. The van der Waals surface area contributed by atoms with Crippen LogP contribution in [0.4, 0.5) is 5.69 Å². The number of thioether (sulfide) groups is 1. The van der Waals surface area contributed by atoms with Gasteiger partial charge in [0.15, 0.2) is 10.9 Å². The molecule has 1 aromatic rings. The van der Waals surface area contributed by atoms with Crippen molar-refractivity contribution >= 4 is 39.6 Å². The molecular formula is C9H10BrN3O3S. The number of nitrogens with zero attached hydrogens (tertiary/aromatic N) is 2. The lowest BCUT2D eigenvalue weighted by Gasteiger charge is -2.17. The van der Waals surface area contributed by atoms with Crippen molar-refractivity contribution in [3.63, 3.8) is 0 Å². The van der Waals surface area contributed by atoms with E-state index in [0.717, 1.165) is 0 Å². The summed E-state index contributed by atoms with van der Waals surface area (Å²) in [5.74, 6) is 0.278. The highest BCUT2D eigenvalue weighted by Gasteiger charge is 2.35. The minimum absolute atomic E-state index is 0. The lowest BCUT2D eigenvalue weighted by Crippen LogP contribution is -2.23. The number of nitro groups is 1. The van der Waals surface area contributed by atoms with Gasteiger partial charge in [-0.2, -0.15) is 0 Å². The van der Waals surface area contributed by atoms with E-state index in [1.165, 1.54) is 30.0 Å². The van der Waals surface area contributed by atoms with E-state index in [9.17, 15) is 15.2 Å². The first-order valence-electron chi connectivity index (χ1n) is 4.47. The first-order valence-corrected chi connectivity index (χ1v) is 5.45. The molecule has 0 saturated heterocycles. The lowest BCUT2D eigenvalue weighted by atomic mass is 10.0. The maximum Gasteiger partial charge on any atom is 0.269 e. The van der Waals surface area contributed by atoms with Crippen molar-refractivity contribution in [3.8, 4) is 0 Å². The van der Waals surface area contributed by atoms with Gasteiger partial charge in [0, 0.05) is 17.7 Å². The Morgan fingerprint density at radius 3 is 2.82 bits per heavy atom. The van der Waals surface area contributed by atoms with Gasteiger partial charge >= 0.3 is 0 Å². The van der Waals surface area contributed by atoms with E-state index in [1.54, 1.807) is 6.07 Å². The summed E-state index contributed by atoms with van der Waals surface area (Å²) >= 11 is 1.22. The minimum Gasteiger partial charge on any atom is -0.378 e. The fourth-order valence-corrected chi connectivity index (χ4v) is 2.23. The van der Waals surface area contributed by atoms with Gasteiger partial charge in [0.05, 0.1) is 10.7 Å². The maximum absolute atomic E-state index is 10.6. The Morgan fingerprint density at radius 2 is 2.29 bits per heavy atom. The normalized spacial score (nSPS) is 22.8. The van der Waals surface area contributed by atoms with E-state index in [4.69, 9.17) is 5.73 Å². The van der Waals surface area contributed by atoms with Crippen molar-refractivity contribution in [2.75, 3.05) is 5.75 Å². The fraction of sp³-hybridized carbons (Fsp3) is 0.222. The molecule has 0 aromatic heterocycles. The third-order valence-corrected chi connectivity index (χ3v) is 3.17. The number of aliphatic imine (C=N–C) groups is 1. The summed E-state index contributed by atoms with van der Waals surface area (Å²) in [6, 6.07) is 5.78. The largest absolute Gasteiger partial charge is 0.378 e. The van der Waals surface area contributed by atoms with Crippen molar-refractivity contribution in [1.82, 2.24) is 0 Å². The highest BCUT2D eigenvalue weighted by molar-refractivity contribution is 8.93. The Hall–Kier alpha value is -1.12. The average molecular weight is 320 g/mol. The van der Waals surface area contributed by atoms with Gasteiger partial charge in [0.2, 0.25) is 0 Å². The zero-order chi connectivity index (χ0) is 11.8. The molecule has 1 unspecified atom stereocenters. The molecule has 2 rings (SSSR count). The topological polar surface area (TPSA) is 102 Å². The SMILES string of the molecule is Br.NC1=NC(O)(c2cccc([N+](=O)[O-])c2)CS1. The van der Waals surface area contributed by atoms with Gasteiger partial charge in [-0.1, -0.05) is 23.9 Å². The number of amidine groups is 1. The monoisotopic (exact) mass is 319 g/mol. The van der Waals surface area contributed by atoms with Crippen LogP contribution < -0.4 is 5.73 Å². The summed E-state index contributed by atoms with van der Waals surface area (Å²) < 4.78 is 0. The van der Waals surface area contributed by atoms with Gasteiger partial charge < -0.3 is 10.8 Å². The van der Waals surface area contributed by atoms with Gasteiger partial charge in [-0.05, 0) is 0 Å². The summed E-state index contributed by atoms with van der Waals surface area (Å²) in [5.41, 5.74) is 4.33. The summed E-state index contributed by atoms with van der Waals surface area (Å²) in [6.45, 7) is 0. The van der Waals surface area contributed by atoms with E-state index in [0.29, 0.717) is 5.56 Å². The summed E-state index contributed by atoms with van der Waals surface area (Å²) in [5, 5.41) is 21.0. The summed E-state index contributed by atoms with van der Waals surface area (Å²) in [4.78, 5) is 14.0. The van der Waals surface area contributed by atoms with Crippen LogP contribution in [0.5, 0.6) is 0 Å². The molecule has 8 heteroatoms. The van der Waals surface area contributed by atoms with E-state index < -0.39 is 10.6 Å². The Kier molecular flexibility index (Phi) is 4.12. The van der Waals surface area contributed by atoms with Crippen LogP contribution in [0.15, 0.2) is 29.3 Å². The second-order valence-corrected chi connectivity index (χ2v) is 4.36. The number of hydrogen-bond donors (Lipinski definition) is 2. The second-order valence-electron chi connectivity index (χ2n) is 3.36. The quantitative estimate of drug-likeness (QED) is 0.633. The summed E-state index contributed by atoms with van der Waals surface area (Å²) in [6.07, 6.45) is 0. The van der Waals surface area contributed by atoms with Gasteiger partial charge in [-0.3, -0.25) is 10.1 Å². The zero-order valence-corrected chi connectivity index (χ0v) is 11.1. The molecule has 1 aliphatic heterocycles. The number of non-ortho nitro benzene ring substituents is 1. The highest BCUT2D eigenvalue weighted by atomic mass is 79.9. The number of halogens is 1. The van der Waals surface area contributed by atoms with Gasteiger partial charge in [-0.25, -0.2) is 4.99 Å². The first-order chi connectivity index (χ1) is 7.51. The van der Waals surface area contributed by atoms with E-state index in [2.05, 4.69) is 4.99 Å². The molecule has 0 radical (unpaired) electrons. The predicted octanol–water partition coefficient (Wildman–Crippen LogP) is 1.38. The zero-order valence-electron chi connectivity index (χ0n) is 8.57. The third-order valence-electron chi connectivity index (χ3n) is 2.24. The number of aliphatic hydroxyl groups is 1. The Balaban J connectivity index is 0.00000144. The van der Waals surface area contributed by atoms with Crippen molar-refractivity contribution in [2.24, 2.45) is 10.7 Å². The molecule has 17 heavy (non-hydrogen) atoms. The Morgan fingerprint density at radius 1 is 1.59 bits per heavy atom. The van der Waals surface area contributed by atoms with Crippen molar-refractivity contribution in [2.45, 2.75) is 5.72 Å². The predicted molar refractivity (Wildman–Crippen MR) is 71.4 cm³/mol. The van der Waals surface area contributed by atoms with Crippen LogP contribution in [0, 0.1) is 10.1 Å². The second kappa shape index (κ2) is 5.03. The van der Waals surface area contributed by atoms with Crippen LogP contribution in [0.3, 0.4) is 0 Å². The molecule has 1 aromatic carbocycles. The standard InChI is InChI=1S/C9H9N3O3S.BrH/c10-8-11-9(13,5-16-8)6-2-1-3-7(4-6)12(14)15;/h1-4,13H,5H2,(H2,10,11);1H. The van der Waals surface area contributed by atoms with Crippen LogP contribution in [0.25, 0.3) is 0 Å². The number of nitrogens with two attached hydrogens (primary N) is 1. The van der Waals surface area contributed by atoms with Gasteiger partial charge in [0.1, 0.15) is 0 Å². The molecule has 0 bridgehead atoms.